The van der Waals surface area contributed by atoms with Gasteiger partial charge in [0.25, 0.3) is 0 Å². The maximum Gasteiger partial charge on any atom is 0.244 e. The molecule has 2 rings (SSSR count). The quantitative estimate of drug-likeness (QED) is 0.860. The predicted molar refractivity (Wildman–Crippen MR) is 78.7 cm³/mol. The van der Waals surface area contributed by atoms with Crippen molar-refractivity contribution in [3.63, 3.8) is 0 Å². The zero-order valence-electron chi connectivity index (χ0n) is 10.6. The first-order valence-electron chi connectivity index (χ1n) is 5.85. The van der Waals surface area contributed by atoms with Gasteiger partial charge in [-0.15, -0.1) is 11.3 Å². The monoisotopic (exact) mass is 296 g/mol. The molecule has 0 aliphatic carbocycles. The molecule has 4 nitrogen and oxygen atoms in total. The molecule has 2 aromatic rings. The molecule has 0 fully saturated rings. The molecule has 0 atom stereocenters. The molecule has 0 amide bonds. The Morgan fingerprint density at radius 2 is 1.95 bits per heavy atom. The van der Waals surface area contributed by atoms with Crippen molar-refractivity contribution in [1.29, 1.82) is 0 Å². The maximum atomic E-state index is 12.4. The van der Waals surface area contributed by atoms with Crippen LogP contribution < -0.4 is 5.73 Å². The molecule has 2 N–H and O–H groups in total. The highest BCUT2D eigenvalue weighted by molar-refractivity contribution is 7.89. The van der Waals surface area contributed by atoms with Crippen molar-refractivity contribution in [2.45, 2.75) is 11.3 Å². The van der Waals surface area contributed by atoms with Gasteiger partial charge in [-0.05, 0) is 30.0 Å². The second-order valence-electron chi connectivity index (χ2n) is 4.19. The minimum atomic E-state index is -3.51. The van der Waals surface area contributed by atoms with Crippen molar-refractivity contribution in [3.8, 4) is 0 Å². The number of nitrogens with zero attached hydrogens (tertiary/aromatic N) is 1. The first-order valence-corrected chi connectivity index (χ1v) is 8.17. The van der Waals surface area contributed by atoms with E-state index in [1.807, 2.05) is 17.5 Å². The number of anilines is 1. The van der Waals surface area contributed by atoms with E-state index in [1.165, 1.54) is 15.2 Å². The van der Waals surface area contributed by atoms with E-state index in [-0.39, 0.29) is 10.6 Å². The van der Waals surface area contributed by atoms with Crippen molar-refractivity contribution in [1.82, 2.24) is 4.31 Å². The molecule has 0 spiro atoms. The van der Waals surface area contributed by atoms with Gasteiger partial charge in [0.15, 0.2) is 0 Å². The van der Waals surface area contributed by atoms with Gasteiger partial charge in [-0.25, -0.2) is 12.7 Å². The first-order chi connectivity index (χ1) is 9.01. The van der Waals surface area contributed by atoms with E-state index in [1.54, 1.807) is 36.6 Å². The number of thiophene rings is 1. The van der Waals surface area contributed by atoms with Crippen molar-refractivity contribution in [3.05, 3.63) is 46.7 Å². The van der Waals surface area contributed by atoms with Gasteiger partial charge in [0.1, 0.15) is 4.90 Å². The molecule has 1 aromatic heterocycles. The van der Waals surface area contributed by atoms with Crippen LogP contribution in [0, 0.1) is 0 Å². The lowest BCUT2D eigenvalue weighted by Crippen LogP contribution is -2.29. The smallest absolute Gasteiger partial charge is 0.244 e. The predicted octanol–water partition coefficient (Wildman–Crippen LogP) is 2.19. The molecule has 1 heterocycles. The van der Waals surface area contributed by atoms with E-state index in [4.69, 9.17) is 5.73 Å². The average molecular weight is 296 g/mol. The highest BCUT2D eigenvalue weighted by atomic mass is 32.2. The molecule has 102 valence electrons. The van der Waals surface area contributed by atoms with Gasteiger partial charge in [0.2, 0.25) is 10.0 Å². The van der Waals surface area contributed by atoms with Gasteiger partial charge in [0, 0.05) is 18.5 Å². The maximum absolute atomic E-state index is 12.4. The van der Waals surface area contributed by atoms with E-state index in [0.29, 0.717) is 13.0 Å². The fraction of sp³-hybridized carbons (Fsp3) is 0.231. The Hall–Kier alpha value is -1.37. The summed E-state index contributed by atoms with van der Waals surface area (Å²) >= 11 is 1.63. The average Bonchev–Trinajstić information content (AvgIpc) is 2.89. The second-order valence-corrected chi connectivity index (χ2v) is 7.24. The summed E-state index contributed by atoms with van der Waals surface area (Å²) in [6.45, 7) is 0.442. The van der Waals surface area contributed by atoms with Gasteiger partial charge < -0.3 is 5.73 Å². The van der Waals surface area contributed by atoms with Gasteiger partial charge in [-0.1, -0.05) is 18.2 Å². The summed E-state index contributed by atoms with van der Waals surface area (Å²) in [7, 11) is -1.93. The Morgan fingerprint density at radius 1 is 1.21 bits per heavy atom. The third-order valence-corrected chi connectivity index (χ3v) is 5.73. The molecular formula is C13H16N2O2S2. The molecule has 0 saturated heterocycles. The Labute approximate surface area is 117 Å². The van der Waals surface area contributed by atoms with E-state index in [0.717, 1.165) is 0 Å². The molecule has 1 aromatic carbocycles. The largest absolute Gasteiger partial charge is 0.398 e. The number of sulfonamides is 1. The molecule has 0 aliphatic heterocycles. The van der Waals surface area contributed by atoms with Gasteiger partial charge in [-0.2, -0.15) is 0 Å². The summed E-state index contributed by atoms with van der Waals surface area (Å²) in [5.74, 6) is 0. The zero-order valence-corrected chi connectivity index (χ0v) is 12.2. The molecule has 6 heteroatoms. The van der Waals surface area contributed by atoms with E-state index in [2.05, 4.69) is 0 Å². The Morgan fingerprint density at radius 3 is 2.58 bits per heavy atom. The van der Waals surface area contributed by atoms with Crippen molar-refractivity contribution < 1.29 is 8.42 Å². The lowest BCUT2D eigenvalue weighted by molar-refractivity contribution is 0.474. The number of nitrogen functional groups attached to an aromatic ring is 1. The van der Waals surface area contributed by atoms with E-state index >= 15 is 0 Å². The number of rotatable bonds is 5. The molecule has 0 unspecified atom stereocenters. The number of hydrogen-bond donors (Lipinski definition) is 1. The van der Waals surface area contributed by atoms with Crippen LogP contribution in [0.2, 0.25) is 0 Å². The molecule has 0 saturated carbocycles. The third-order valence-electron chi connectivity index (χ3n) is 2.86. The van der Waals surface area contributed by atoms with Crippen molar-refractivity contribution >= 4 is 27.0 Å². The SMILES string of the molecule is CN(CCc1cccs1)S(=O)(=O)c1ccccc1N. The number of benzene rings is 1. The Bertz CT molecular complexity index is 636. The topological polar surface area (TPSA) is 63.4 Å². The summed E-state index contributed by atoms with van der Waals surface area (Å²) in [5.41, 5.74) is 6.01. The van der Waals surface area contributed by atoms with Gasteiger partial charge in [0.05, 0.1) is 5.69 Å². The van der Waals surface area contributed by atoms with Crippen LogP contribution in [0.5, 0.6) is 0 Å². The van der Waals surface area contributed by atoms with Crippen LogP contribution in [0.1, 0.15) is 4.88 Å². The molecule has 19 heavy (non-hydrogen) atoms. The molecular weight excluding hydrogens is 280 g/mol. The van der Waals surface area contributed by atoms with Gasteiger partial charge in [-0.3, -0.25) is 0 Å². The summed E-state index contributed by atoms with van der Waals surface area (Å²) in [6.07, 6.45) is 0.708. The van der Waals surface area contributed by atoms with Crippen LogP contribution in [0.25, 0.3) is 0 Å². The fourth-order valence-electron chi connectivity index (χ4n) is 1.73. The number of para-hydroxylation sites is 1. The van der Waals surface area contributed by atoms with E-state index in [9.17, 15) is 8.42 Å². The second kappa shape index (κ2) is 5.73. The number of hydrogen-bond acceptors (Lipinski definition) is 4. The lowest BCUT2D eigenvalue weighted by atomic mass is 10.3. The highest BCUT2D eigenvalue weighted by Gasteiger charge is 2.22. The highest BCUT2D eigenvalue weighted by Crippen LogP contribution is 2.21. The Kier molecular flexibility index (Phi) is 4.24. The minimum absolute atomic E-state index is 0.170. The summed E-state index contributed by atoms with van der Waals surface area (Å²) < 4.78 is 26.1. The first kappa shape index (κ1) is 14.0. The van der Waals surface area contributed by atoms with Crippen LogP contribution in [0.4, 0.5) is 5.69 Å². The van der Waals surface area contributed by atoms with Crippen LogP contribution in [0.3, 0.4) is 0 Å². The van der Waals surface area contributed by atoms with E-state index < -0.39 is 10.0 Å². The summed E-state index contributed by atoms with van der Waals surface area (Å²) in [4.78, 5) is 1.34. The lowest BCUT2D eigenvalue weighted by Gasteiger charge is -2.17. The normalized spacial score (nSPS) is 11.9. The van der Waals surface area contributed by atoms with Crippen molar-refractivity contribution in [2.24, 2.45) is 0 Å². The fourth-order valence-corrected chi connectivity index (χ4v) is 3.71. The third kappa shape index (κ3) is 3.15. The Balaban J connectivity index is 2.13. The van der Waals surface area contributed by atoms with Gasteiger partial charge >= 0.3 is 0 Å². The molecule has 0 bridgehead atoms. The zero-order chi connectivity index (χ0) is 13.9. The van der Waals surface area contributed by atoms with Crippen LogP contribution in [0.15, 0.2) is 46.7 Å². The standard InChI is InChI=1S/C13H16N2O2S2/c1-15(9-8-11-5-4-10-18-11)19(16,17)13-7-3-2-6-12(13)14/h2-7,10H,8-9,14H2,1H3. The number of likely N-dealkylation sites (N-methyl/N-ethyl adjacent to an activating group) is 1. The van der Waals surface area contributed by atoms with Crippen LogP contribution in [-0.2, 0) is 16.4 Å². The molecule has 0 radical (unpaired) electrons. The van der Waals surface area contributed by atoms with Crippen LogP contribution >= 0.6 is 11.3 Å². The molecule has 0 aliphatic rings. The number of nitrogens with two attached hydrogens (primary N) is 1. The minimum Gasteiger partial charge on any atom is -0.398 e. The van der Waals surface area contributed by atoms with Crippen LogP contribution in [-0.4, -0.2) is 26.3 Å². The van der Waals surface area contributed by atoms with Crippen molar-refractivity contribution in [2.75, 3.05) is 19.3 Å². The summed E-state index contributed by atoms with van der Waals surface area (Å²) in [5, 5.41) is 1.99. The summed E-state index contributed by atoms with van der Waals surface area (Å²) in [6, 6.07) is 10.5.